The molecule has 1 aliphatic rings. The summed E-state index contributed by atoms with van der Waals surface area (Å²) in [5.41, 5.74) is 2.47. The fraction of sp³-hybridized carbons (Fsp3) is 0.478. The van der Waals surface area contributed by atoms with Gasteiger partial charge in [-0.15, -0.1) is 0 Å². The molecule has 1 fully saturated rings. The number of piperazine rings is 1. The molecular weight excluding hydrogens is 336 g/mol. The first-order valence-corrected chi connectivity index (χ1v) is 10.0. The van der Waals surface area contributed by atoms with Gasteiger partial charge in [-0.3, -0.25) is 4.90 Å². The normalized spacial score (nSPS) is 17.3. The quantitative estimate of drug-likeness (QED) is 0.755. The number of nitrogens with zero attached hydrogens (tertiary/aromatic N) is 1. The van der Waals surface area contributed by atoms with E-state index < -0.39 is 0 Å². The highest BCUT2D eigenvalue weighted by atomic mass is 16.5. The van der Waals surface area contributed by atoms with Gasteiger partial charge in [0.15, 0.2) is 11.5 Å². The van der Waals surface area contributed by atoms with Gasteiger partial charge in [0, 0.05) is 32.2 Å². The molecule has 1 N–H and O–H groups in total. The summed E-state index contributed by atoms with van der Waals surface area (Å²) in [6.07, 6.45) is 1.15. The van der Waals surface area contributed by atoms with E-state index in [0.29, 0.717) is 18.6 Å². The first-order valence-electron chi connectivity index (χ1n) is 10.0. The van der Waals surface area contributed by atoms with Crippen LogP contribution in [0.2, 0.25) is 0 Å². The molecule has 2 atom stereocenters. The van der Waals surface area contributed by atoms with Gasteiger partial charge in [0.1, 0.15) is 6.61 Å². The lowest BCUT2D eigenvalue weighted by molar-refractivity contribution is 0.128. The Morgan fingerprint density at radius 3 is 2.44 bits per heavy atom. The van der Waals surface area contributed by atoms with Crippen LogP contribution in [0.5, 0.6) is 11.5 Å². The van der Waals surface area contributed by atoms with Crippen molar-refractivity contribution in [3.05, 3.63) is 59.7 Å². The standard InChI is InChI=1S/C23H32N2O2/c1-4-18(2)23(25-14-12-24-13-15-25)20-10-11-21(26-3)22(16-20)27-17-19-8-6-5-7-9-19/h5-11,16,18,23-24H,4,12-15,17H2,1-3H3/t18?,23-/m0/s1. The molecule has 4 nitrogen and oxygen atoms in total. The molecule has 0 bridgehead atoms. The molecular formula is C23H32N2O2. The molecule has 3 rings (SSSR count). The van der Waals surface area contributed by atoms with Crippen LogP contribution < -0.4 is 14.8 Å². The van der Waals surface area contributed by atoms with Crippen molar-refractivity contribution in [2.24, 2.45) is 5.92 Å². The van der Waals surface area contributed by atoms with Gasteiger partial charge in [-0.1, -0.05) is 56.7 Å². The Balaban J connectivity index is 1.84. The molecule has 0 saturated carbocycles. The summed E-state index contributed by atoms with van der Waals surface area (Å²) in [7, 11) is 1.70. The summed E-state index contributed by atoms with van der Waals surface area (Å²) in [5, 5.41) is 3.46. The molecule has 1 aliphatic heterocycles. The van der Waals surface area contributed by atoms with Crippen LogP contribution in [0.15, 0.2) is 48.5 Å². The first-order chi connectivity index (χ1) is 13.2. The van der Waals surface area contributed by atoms with Crippen molar-refractivity contribution in [3.63, 3.8) is 0 Å². The molecule has 0 aromatic heterocycles. The summed E-state index contributed by atoms with van der Waals surface area (Å²) in [5.74, 6) is 2.19. The van der Waals surface area contributed by atoms with Crippen LogP contribution in [-0.4, -0.2) is 38.2 Å². The lowest BCUT2D eigenvalue weighted by Gasteiger charge is -2.38. The smallest absolute Gasteiger partial charge is 0.161 e. The molecule has 1 unspecified atom stereocenters. The summed E-state index contributed by atoms with van der Waals surface area (Å²) >= 11 is 0. The number of benzene rings is 2. The van der Waals surface area contributed by atoms with Gasteiger partial charge in [-0.05, 0) is 29.2 Å². The van der Waals surface area contributed by atoms with Gasteiger partial charge in [0.05, 0.1) is 7.11 Å². The number of nitrogens with one attached hydrogen (secondary N) is 1. The number of hydrogen-bond acceptors (Lipinski definition) is 4. The second-order valence-electron chi connectivity index (χ2n) is 7.30. The minimum absolute atomic E-state index is 0.405. The van der Waals surface area contributed by atoms with Crippen LogP contribution in [0.25, 0.3) is 0 Å². The summed E-state index contributed by atoms with van der Waals surface area (Å²) < 4.78 is 11.7. The zero-order valence-electron chi connectivity index (χ0n) is 16.8. The van der Waals surface area contributed by atoms with Crippen LogP contribution in [0, 0.1) is 5.92 Å². The first kappa shape index (κ1) is 19.7. The van der Waals surface area contributed by atoms with Crippen molar-refractivity contribution >= 4 is 0 Å². The average molecular weight is 369 g/mol. The zero-order chi connectivity index (χ0) is 19.1. The molecule has 2 aromatic carbocycles. The zero-order valence-corrected chi connectivity index (χ0v) is 16.8. The average Bonchev–Trinajstić information content (AvgIpc) is 2.74. The molecule has 27 heavy (non-hydrogen) atoms. The highest BCUT2D eigenvalue weighted by Gasteiger charge is 2.27. The predicted octanol–water partition coefficient (Wildman–Crippen LogP) is 4.27. The fourth-order valence-electron chi connectivity index (χ4n) is 3.81. The van der Waals surface area contributed by atoms with Crippen LogP contribution in [0.3, 0.4) is 0 Å². The maximum absolute atomic E-state index is 6.15. The molecule has 2 aromatic rings. The highest BCUT2D eigenvalue weighted by Crippen LogP contribution is 2.37. The van der Waals surface area contributed by atoms with Crippen LogP contribution in [0.4, 0.5) is 0 Å². The van der Waals surface area contributed by atoms with Crippen LogP contribution in [0.1, 0.15) is 37.4 Å². The number of ether oxygens (including phenoxy) is 2. The molecule has 0 aliphatic carbocycles. The van der Waals surface area contributed by atoms with Crippen molar-refractivity contribution in [1.29, 1.82) is 0 Å². The van der Waals surface area contributed by atoms with Gasteiger partial charge >= 0.3 is 0 Å². The Kier molecular flexibility index (Phi) is 7.13. The molecule has 0 radical (unpaired) electrons. The van der Waals surface area contributed by atoms with E-state index in [1.54, 1.807) is 7.11 Å². The lowest BCUT2D eigenvalue weighted by Crippen LogP contribution is -2.46. The van der Waals surface area contributed by atoms with Gasteiger partial charge in [-0.2, -0.15) is 0 Å². The van der Waals surface area contributed by atoms with Gasteiger partial charge < -0.3 is 14.8 Å². The van der Waals surface area contributed by atoms with Crippen molar-refractivity contribution in [2.45, 2.75) is 32.9 Å². The third-order valence-corrected chi connectivity index (χ3v) is 5.49. The Morgan fingerprint density at radius 1 is 1.04 bits per heavy atom. The van der Waals surface area contributed by atoms with E-state index in [1.165, 1.54) is 5.56 Å². The topological polar surface area (TPSA) is 33.7 Å². The maximum atomic E-state index is 6.15. The van der Waals surface area contributed by atoms with Crippen molar-refractivity contribution in [2.75, 3.05) is 33.3 Å². The molecule has 1 saturated heterocycles. The van der Waals surface area contributed by atoms with E-state index in [2.05, 4.69) is 48.3 Å². The van der Waals surface area contributed by atoms with Gasteiger partial charge in [-0.25, -0.2) is 0 Å². The van der Waals surface area contributed by atoms with Crippen molar-refractivity contribution in [3.8, 4) is 11.5 Å². The fourth-order valence-corrected chi connectivity index (χ4v) is 3.81. The largest absolute Gasteiger partial charge is 0.493 e. The van der Waals surface area contributed by atoms with E-state index in [-0.39, 0.29) is 0 Å². The Hall–Kier alpha value is -2.04. The summed E-state index contributed by atoms with van der Waals surface area (Å²) in [6.45, 7) is 9.45. The summed E-state index contributed by atoms with van der Waals surface area (Å²) in [4.78, 5) is 2.60. The number of rotatable bonds is 8. The van der Waals surface area contributed by atoms with E-state index in [4.69, 9.17) is 9.47 Å². The number of methoxy groups -OCH3 is 1. The second-order valence-corrected chi connectivity index (χ2v) is 7.30. The minimum atomic E-state index is 0.405. The molecule has 4 heteroatoms. The Morgan fingerprint density at radius 2 is 1.78 bits per heavy atom. The second kappa shape index (κ2) is 9.77. The third kappa shape index (κ3) is 5.02. The number of hydrogen-bond donors (Lipinski definition) is 1. The van der Waals surface area contributed by atoms with Crippen molar-refractivity contribution in [1.82, 2.24) is 10.2 Å². The van der Waals surface area contributed by atoms with Gasteiger partial charge in [0.2, 0.25) is 0 Å². The predicted molar refractivity (Wildman–Crippen MR) is 110 cm³/mol. The molecule has 0 spiro atoms. The Bertz CT molecular complexity index is 699. The SMILES string of the molecule is CCC(C)[C@@H](c1ccc(OC)c(OCc2ccccc2)c1)N1CCNCC1. The Labute approximate surface area is 163 Å². The van der Waals surface area contributed by atoms with E-state index in [9.17, 15) is 0 Å². The van der Waals surface area contributed by atoms with Gasteiger partial charge in [0.25, 0.3) is 0 Å². The lowest BCUT2D eigenvalue weighted by atomic mass is 9.90. The molecule has 1 heterocycles. The minimum Gasteiger partial charge on any atom is -0.493 e. The monoisotopic (exact) mass is 368 g/mol. The van der Waals surface area contributed by atoms with E-state index in [0.717, 1.165) is 49.7 Å². The van der Waals surface area contributed by atoms with Crippen LogP contribution >= 0.6 is 0 Å². The summed E-state index contributed by atoms with van der Waals surface area (Å²) in [6, 6.07) is 17.1. The van der Waals surface area contributed by atoms with E-state index in [1.807, 2.05) is 24.3 Å². The van der Waals surface area contributed by atoms with E-state index >= 15 is 0 Å². The molecule has 146 valence electrons. The molecule has 0 amide bonds. The van der Waals surface area contributed by atoms with Crippen molar-refractivity contribution < 1.29 is 9.47 Å². The maximum Gasteiger partial charge on any atom is 0.161 e. The third-order valence-electron chi connectivity index (χ3n) is 5.49. The highest BCUT2D eigenvalue weighted by molar-refractivity contribution is 5.44. The van der Waals surface area contributed by atoms with Crippen LogP contribution in [-0.2, 0) is 6.61 Å².